The maximum absolute atomic E-state index is 11.9. The summed E-state index contributed by atoms with van der Waals surface area (Å²) in [6.45, 7) is 1.02. The topological polar surface area (TPSA) is 89.8 Å². The van der Waals surface area contributed by atoms with E-state index in [1.165, 1.54) is 12.4 Å². The van der Waals surface area contributed by atoms with E-state index in [0.29, 0.717) is 19.5 Å². The molecule has 0 aliphatic rings. The molecule has 9 heteroatoms. The first-order chi connectivity index (χ1) is 9.08. The van der Waals surface area contributed by atoms with Crippen LogP contribution in [0.5, 0.6) is 0 Å². The minimum Gasteiger partial charge on any atom is -0.337 e. The van der Waals surface area contributed by atoms with E-state index in [2.05, 4.69) is 19.7 Å². The van der Waals surface area contributed by atoms with Gasteiger partial charge in [-0.25, -0.2) is 28.1 Å². The molecule has 1 N–H and O–H groups in total. The molecule has 0 aliphatic heterocycles. The Bertz CT molecular complexity index is 612. The van der Waals surface area contributed by atoms with Gasteiger partial charge < -0.3 is 4.57 Å². The molecule has 0 unspecified atom stereocenters. The molecule has 0 fully saturated rings. The Labute approximate surface area is 115 Å². The van der Waals surface area contributed by atoms with Crippen LogP contribution in [0.3, 0.4) is 0 Å². The maximum atomic E-state index is 11.9. The summed E-state index contributed by atoms with van der Waals surface area (Å²) in [5, 5.41) is 0.0130. The lowest BCUT2D eigenvalue weighted by Gasteiger charge is -2.06. The van der Waals surface area contributed by atoms with Crippen LogP contribution in [-0.4, -0.2) is 34.5 Å². The summed E-state index contributed by atoms with van der Waals surface area (Å²) in [5.74, 6) is 0. The largest absolute Gasteiger partial charge is 0.337 e. The van der Waals surface area contributed by atoms with Crippen LogP contribution in [0.15, 0.2) is 36.0 Å². The van der Waals surface area contributed by atoms with Gasteiger partial charge in [0.05, 0.1) is 18.7 Å². The fourth-order valence-electron chi connectivity index (χ4n) is 1.41. The highest BCUT2D eigenvalue weighted by Crippen LogP contribution is 2.07. The molecule has 102 valence electrons. The molecule has 2 aromatic rings. The first-order valence-corrected chi connectivity index (χ1v) is 7.37. The van der Waals surface area contributed by atoms with E-state index < -0.39 is 10.0 Å². The van der Waals surface area contributed by atoms with Gasteiger partial charge in [-0.2, -0.15) is 0 Å². The lowest BCUT2D eigenvalue weighted by molar-refractivity contribution is 0.569. The molecule has 2 heterocycles. The molecule has 2 aromatic heterocycles. The predicted octanol–water partition coefficient (Wildman–Crippen LogP) is 0.695. The van der Waals surface area contributed by atoms with Crippen LogP contribution in [0.25, 0.3) is 0 Å². The molecular weight excluding hydrogens is 290 g/mol. The van der Waals surface area contributed by atoms with Gasteiger partial charge in [-0.05, 0) is 18.0 Å². The van der Waals surface area contributed by atoms with E-state index in [4.69, 9.17) is 11.6 Å². The highest BCUT2D eigenvalue weighted by molar-refractivity contribution is 7.89. The molecule has 0 atom stereocenters. The molecule has 19 heavy (non-hydrogen) atoms. The number of rotatable bonds is 6. The lowest BCUT2D eigenvalue weighted by Crippen LogP contribution is -2.25. The van der Waals surface area contributed by atoms with E-state index in [1.807, 2.05) is 10.8 Å². The Hall–Kier alpha value is -1.51. The monoisotopic (exact) mass is 301 g/mol. The van der Waals surface area contributed by atoms with Gasteiger partial charge in [-0.15, -0.1) is 0 Å². The Kier molecular flexibility index (Phi) is 4.46. The van der Waals surface area contributed by atoms with Gasteiger partial charge in [0.2, 0.25) is 15.3 Å². The fraction of sp³-hybridized carbons (Fsp3) is 0.300. The lowest BCUT2D eigenvalue weighted by atomic mass is 10.4. The number of halogens is 1. The molecule has 0 radical (unpaired) electrons. The van der Waals surface area contributed by atoms with Gasteiger partial charge in [-0.3, -0.25) is 0 Å². The van der Waals surface area contributed by atoms with Gasteiger partial charge in [0, 0.05) is 25.5 Å². The van der Waals surface area contributed by atoms with Crippen molar-refractivity contribution in [1.29, 1.82) is 0 Å². The highest BCUT2D eigenvalue weighted by Gasteiger charge is 2.14. The summed E-state index contributed by atoms with van der Waals surface area (Å²) in [7, 11) is -3.58. The van der Waals surface area contributed by atoms with Crippen LogP contribution in [0.2, 0.25) is 5.28 Å². The summed E-state index contributed by atoms with van der Waals surface area (Å²) < 4.78 is 28.1. The molecule has 0 aliphatic carbocycles. The van der Waals surface area contributed by atoms with Crippen molar-refractivity contribution < 1.29 is 8.42 Å². The van der Waals surface area contributed by atoms with Gasteiger partial charge >= 0.3 is 0 Å². The zero-order chi connectivity index (χ0) is 13.7. The summed E-state index contributed by atoms with van der Waals surface area (Å²) >= 11 is 5.50. The molecule has 0 bridgehead atoms. The minimum absolute atomic E-state index is 0.000434. The second-order valence-electron chi connectivity index (χ2n) is 3.74. The molecule has 0 spiro atoms. The molecule has 0 aromatic carbocycles. The van der Waals surface area contributed by atoms with Crippen molar-refractivity contribution in [2.45, 2.75) is 17.9 Å². The first-order valence-electron chi connectivity index (χ1n) is 5.51. The van der Waals surface area contributed by atoms with Gasteiger partial charge in [0.15, 0.2) is 0 Å². The number of imidazole rings is 1. The number of aromatic nitrogens is 4. The molecule has 0 saturated carbocycles. The minimum atomic E-state index is -3.58. The molecule has 2 rings (SSSR count). The Morgan fingerprint density at radius 2 is 2.05 bits per heavy atom. The van der Waals surface area contributed by atoms with Gasteiger partial charge in [0.1, 0.15) is 4.90 Å². The Morgan fingerprint density at radius 1 is 1.32 bits per heavy atom. The average Bonchev–Trinajstić information content (AvgIpc) is 2.88. The quantitative estimate of drug-likeness (QED) is 0.626. The van der Waals surface area contributed by atoms with E-state index in [-0.39, 0.29) is 10.2 Å². The third-order valence-electron chi connectivity index (χ3n) is 2.35. The summed E-state index contributed by atoms with van der Waals surface area (Å²) in [5.41, 5.74) is 0. The summed E-state index contributed by atoms with van der Waals surface area (Å²) in [4.78, 5) is 11.2. The van der Waals surface area contributed by atoms with Crippen LogP contribution in [-0.2, 0) is 16.6 Å². The van der Waals surface area contributed by atoms with E-state index in [9.17, 15) is 8.42 Å². The van der Waals surface area contributed by atoms with Crippen LogP contribution in [0.1, 0.15) is 6.42 Å². The molecular formula is C10H12ClN5O2S. The van der Waals surface area contributed by atoms with Crippen molar-refractivity contribution in [1.82, 2.24) is 24.2 Å². The fourth-order valence-corrected chi connectivity index (χ4v) is 2.47. The third-order valence-corrected chi connectivity index (χ3v) is 3.96. The van der Waals surface area contributed by atoms with Crippen molar-refractivity contribution in [3.63, 3.8) is 0 Å². The van der Waals surface area contributed by atoms with Crippen molar-refractivity contribution in [3.05, 3.63) is 36.4 Å². The third kappa shape index (κ3) is 3.98. The highest BCUT2D eigenvalue weighted by atomic mass is 35.5. The molecule has 0 amide bonds. The van der Waals surface area contributed by atoms with Crippen LogP contribution < -0.4 is 4.72 Å². The number of nitrogens with zero attached hydrogens (tertiary/aromatic N) is 4. The first kappa shape index (κ1) is 13.9. The van der Waals surface area contributed by atoms with Crippen LogP contribution in [0, 0.1) is 0 Å². The van der Waals surface area contributed by atoms with Crippen molar-refractivity contribution in [3.8, 4) is 0 Å². The van der Waals surface area contributed by atoms with Crippen LogP contribution >= 0.6 is 11.6 Å². The van der Waals surface area contributed by atoms with Crippen LogP contribution in [0.4, 0.5) is 0 Å². The second kappa shape index (κ2) is 6.09. The zero-order valence-electron chi connectivity index (χ0n) is 9.90. The van der Waals surface area contributed by atoms with Crippen molar-refractivity contribution in [2.24, 2.45) is 0 Å². The van der Waals surface area contributed by atoms with E-state index in [1.54, 1.807) is 12.5 Å². The van der Waals surface area contributed by atoms with Gasteiger partial charge in [-0.1, -0.05) is 0 Å². The average molecular weight is 302 g/mol. The SMILES string of the molecule is O=S(=O)(NCCCn1ccnc1)c1cnc(Cl)nc1. The summed E-state index contributed by atoms with van der Waals surface area (Å²) in [6, 6.07) is 0. The Balaban J connectivity index is 1.86. The molecule has 7 nitrogen and oxygen atoms in total. The van der Waals surface area contributed by atoms with E-state index >= 15 is 0 Å². The van der Waals surface area contributed by atoms with Crippen molar-refractivity contribution >= 4 is 21.6 Å². The zero-order valence-corrected chi connectivity index (χ0v) is 11.5. The maximum Gasteiger partial charge on any atom is 0.243 e. The second-order valence-corrected chi connectivity index (χ2v) is 5.84. The number of hydrogen-bond acceptors (Lipinski definition) is 5. The van der Waals surface area contributed by atoms with Crippen molar-refractivity contribution in [2.75, 3.05) is 6.54 Å². The number of aryl methyl sites for hydroxylation is 1. The normalized spacial score (nSPS) is 11.6. The van der Waals surface area contributed by atoms with E-state index in [0.717, 1.165) is 0 Å². The number of nitrogens with one attached hydrogen (secondary N) is 1. The number of sulfonamides is 1. The summed E-state index contributed by atoms with van der Waals surface area (Å²) in [6.07, 6.45) is 8.18. The Morgan fingerprint density at radius 3 is 2.68 bits per heavy atom. The smallest absolute Gasteiger partial charge is 0.243 e. The standard InChI is InChI=1S/C10H12ClN5O2S/c11-10-13-6-9(7-14-10)19(17,18)15-2-1-4-16-5-3-12-8-16/h3,5-8,15H,1-2,4H2. The van der Waals surface area contributed by atoms with Gasteiger partial charge in [0.25, 0.3) is 0 Å². The predicted molar refractivity (Wildman–Crippen MR) is 69.1 cm³/mol. The molecule has 0 saturated heterocycles. The number of hydrogen-bond donors (Lipinski definition) is 1.